The molecular formula is C24H26F3N7O4S. The summed E-state index contributed by atoms with van der Waals surface area (Å²) in [6, 6.07) is 8.35. The Labute approximate surface area is 222 Å². The molecule has 39 heavy (non-hydrogen) atoms. The van der Waals surface area contributed by atoms with Crippen molar-refractivity contribution < 1.29 is 31.1 Å². The predicted octanol–water partition coefficient (Wildman–Crippen LogP) is 2.71. The van der Waals surface area contributed by atoms with Gasteiger partial charge < -0.3 is 13.9 Å². The predicted molar refractivity (Wildman–Crippen MR) is 135 cm³/mol. The molecule has 0 radical (unpaired) electrons. The number of aromatic nitrogens is 4. The normalized spacial score (nSPS) is 16.3. The first-order valence-electron chi connectivity index (χ1n) is 12.1. The van der Waals surface area contributed by atoms with Gasteiger partial charge in [0.15, 0.2) is 0 Å². The van der Waals surface area contributed by atoms with Gasteiger partial charge in [0.05, 0.1) is 24.5 Å². The summed E-state index contributed by atoms with van der Waals surface area (Å²) in [5, 5.41) is 16.4. The molecule has 15 heteroatoms. The molecule has 1 N–H and O–H groups in total. The van der Waals surface area contributed by atoms with E-state index in [1.54, 1.807) is 28.9 Å². The second-order valence-electron chi connectivity index (χ2n) is 9.12. The number of imidazole rings is 1. The first-order chi connectivity index (χ1) is 18.7. The Kier molecular flexibility index (Phi) is 7.57. The molecule has 4 aromatic rings. The van der Waals surface area contributed by atoms with Gasteiger partial charge in [0.2, 0.25) is 5.89 Å². The molecule has 1 fully saturated rings. The summed E-state index contributed by atoms with van der Waals surface area (Å²) in [5.74, 6) is -1.48. The van der Waals surface area contributed by atoms with Crippen LogP contribution in [0.5, 0.6) is 0 Å². The molecule has 0 bridgehead atoms. The molecule has 1 atom stereocenters. The molecule has 0 aliphatic carbocycles. The van der Waals surface area contributed by atoms with E-state index < -0.39 is 28.3 Å². The number of rotatable bonds is 9. The highest BCUT2D eigenvalue weighted by molar-refractivity contribution is 7.90. The Bertz CT molecular complexity index is 1550. The lowest BCUT2D eigenvalue weighted by Gasteiger charge is -2.39. The first kappa shape index (κ1) is 27.1. The molecular weight excluding hydrogens is 539 g/mol. The van der Waals surface area contributed by atoms with Gasteiger partial charge in [-0.05, 0) is 37.3 Å². The molecule has 208 valence electrons. The fourth-order valence-corrected chi connectivity index (χ4v) is 5.98. The molecule has 0 amide bonds. The number of hydrogen-bond donors (Lipinski definition) is 1. The molecule has 4 heterocycles. The Morgan fingerprint density at radius 1 is 1.13 bits per heavy atom. The average Bonchev–Trinajstić information content (AvgIpc) is 3.58. The van der Waals surface area contributed by atoms with Gasteiger partial charge in [0, 0.05) is 50.2 Å². The van der Waals surface area contributed by atoms with Crippen molar-refractivity contribution in [3.8, 4) is 11.5 Å². The van der Waals surface area contributed by atoms with Crippen LogP contribution in [0.25, 0.3) is 17.1 Å². The molecule has 0 saturated carbocycles. The summed E-state index contributed by atoms with van der Waals surface area (Å²) >= 11 is 0. The molecule has 1 aliphatic rings. The lowest BCUT2D eigenvalue weighted by atomic mass is 10.2. The van der Waals surface area contributed by atoms with Crippen LogP contribution in [-0.4, -0.2) is 81.1 Å². The second kappa shape index (κ2) is 10.9. The number of pyridine rings is 1. The van der Waals surface area contributed by atoms with E-state index in [1.165, 1.54) is 22.5 Å². The largest absolute Gasteiger partial charge is 0.415 e. The topological polar surface area (TPSA) is 120 Å². The number of alkyl halides is 2. The maximum Gasteiger partial charge on any atom is 0.314 e. The van der Waals surface area contributed by atoms with Crippen molar-refractivity contribution >= 4 is 21.5 Å². The maximum atomic E-state index is 14.1. The van der Waals surface area contributed by atoms with Crippen LogP contribution in [0.1, 0.15) is 24.9 Å². The summed E-state index contributed by atoms with van der Waals surface area (Å²) in [4.78, 5) is 6.51. The van der Waals surface area contributed by atoms with Crippen molar-refractivity contribution in [1.29, 1.82) is 0 Å². The van der Waals surface area contributed by atoms with Crippen molar-refractivity contribution in [2.45, 2.75) is 25.9 Å². The van der Waals surface area contributed by atoms with Crippen LogP contribution >= 0.6 is 0 Å². The highest BCUT2D eigenvalue weighted by Crippen LogP contribution is 2.27. The van der Waals surface area contributed by atoms with Crippen LogP contribution in [0, 0.1) is 5.82 Å². The molecule has 3 aromatic heterocycles. The van der Waals surface area contributed by atoms with Gasteiger partial charge >= 0.3 is 16.6 Å². The van der Waals surface area contributed by atoms with E-state index in [1.807, 2.05) is 11.8 Å². The van der Waals surface area contributed by atoms with Crippen molar-refractivity contribution in [2.24, 2.45) is 0 Å². The number of piperazine rings is 1. The monoisotopic (exact) mass is 565 g/mol. The number of nitrogens with zero attached hydrogens (tertiary/aromatic N) is 7. The minimum absolute atomic E-state index is 0.0301. The zero-order chi connectivity index (χ0) is 27.7. The fraction of sp³-hybridized carbons (Fsp3) is 0.375. The first-order valence-corrected chi connectivity index (χ1v) is 13.5. The van der Waals surface area contributed by atoms with Crippen molar-refractivity contribution in [1.82, 2.24) is 28.8 Å². The quantitative estimate of drug-likeness (QED) is 0.329. The Hall–Kier alpha value is -3.53. The van der Waals surface area contributed by atoms with E-state index in [9.17, 15) is 26.7 Å². The standard InChI is InChI=1S/C24H26F3N7O4S/c1-16(15-35)31-7-9-33(10-8-31)39(36,37)34(20-4-2-3-18(25)12-20)14-19-13-32-6-5-17(11-21(32)28-19)23-29-30-24(38-23)22(26)27/h2-6,11-13,16,22,35H,7-10,14-15H2,1H3. The number of anilines is 1. The van der Waals surface area contributed by atoms with E-state index in [-0.39, 0.29) is 43.9 Å². The summed E-state index contributed by atoms with van der Waals surface area (Å²) in [6.45, 7) is 2.95. The Morgan fingerprint density at radius 3 is 2.56 bits per heavy atom. The Balaban J connectivity index is 1.43. The third-order valence-corrected chi connectivity index (χ3v) is 8.47. The van der Waals surface area contributed by atoms with Gasteiger partial charge in [-0.1, -0.05) is 6.07 Å². The number of benzene rings is 1. The molecule has 11 nitrogen and oxygen atoms in total. The van der Waals surface area contributed by atoms with E-state index in [0.717, 1.165) is 10.4 Å². The lowest BCUT2D eigenvalue weighted by molar-refractivity contribution is 0.100. The zero-order valence-electron chi connectivity index (χ0n) is 20.9. The summed E-state index contributed by atoms with van der Waals surface area (Å²) in [6.07, 6.45) is 0.334. The number of halogens is 3. The number of aliphatic hydroxyl groups excluding tert-OH is 1. The van der Waals surface area contributed by atoms with Crippen molar-refractivity contribution in [3.05, 3.63) is 66.2 Å². The molecule has 1 saturated heterocycles. The molecule has 5 rings (SSSR count). The van der Waals surface area contributed by atoms with E-state index in [0.29, 0.717) is 30.0 Å². The minimum Gasteiger partial charge on any atom is -0.415 e. The average molecular weight is 566 g/mol. The Morgan fingerprint density at radius 2 is 1.90 bits per heavy atom. The number of aliphatic hydroxyl groups is 1. The molecule has 1 aliphatic heterocycles. The van der Waals surface area contributed by atoms with Crippen molar-refractivity contribution in [3.63, 3.8) is 0 Å². The van der Waals surface area contributed by atoms with Gasteiger partial charge in [-0.15, -0.1) is 10.2 Å². The SMILES string of the molecule is CC(CO)N1CCN(S(=O)(=O)N(Cc2cn3ccc(-c4nnc(C(F)F)o4)cc3n2)c2cccc(F)c2)CC1. The van der Waals surface area contributed by atoms with Gasteiger partial charge in [-0.3, -0.25) is 9.21 Å². The van der Waals surface area contributed by atoms with E-state index in [4.69, 9.17) is 4.42 Å². The second-order valence-corrected chi connectivity index (χ2v) is 11.0. The molecule has 1 aromatic carbocycles. The molecule has 0 spiro atoms. The molecule has 1 unspecified atom stereocenters. The summed E-state index contributed by atoms with van der Waals surface area (Å²) < 4.78 is 76.5. The van der Waals surface area contributed by atoms with E-state index >= 15 is 0 Å². The lowest BCUT2D eigenvalue weighted by Crippen LogP contribution is -2.55. The van der Waals surface area contributed by atoms with Gasteiger partial charge in [0.25, 0.3) is 5.89 Å². The summed E-state index contributed by atoms with van der Waals surface area (Å²) in [5.41, 5.74) is 1.27. The maximum absolute atomic E-state index is 14.1. The van der Waals surface area contributed by atoms with E-state index in [2.05, 4.69) is 15.2 Å². The van der Waals surface area contributed by atoms with Crippen LogP contribution in [0.4, 0.5) is 18.9 Å². The minimum atomic E-state index is -4.08. The van der Waals surface area contributed by atoms with Crippen LogP contribution in [-0.2, 0) is 16.8 Å². The van der Waals surface area contributed by atoms with Crippen LogP contribution in [0.15, 0.2) is 53.2 Å². The fourth-order valence-electron chi connectivity index (χ4n) is 4.40. The van der Waals surface area contributed by atoms with Crippen LogP contribution in [0.2, 0.25) is 0 Å². The zero-order valence-corrected chi connectivity index (χ0v) is 21.7. The number of hydrogen-bond acceptors (Lipinski definition) is 8. The van der Waals surface area contributed by atoms with Crippen LogP contribution in [0.3, 0.4) is 0 Å². The van der Waals surface area contributed by atoms with Crippen LogP contribution < -0.4 is 4.31 Å². The summed E-state index contributed by atoms with van der Waals surface area (Å²) in [7, 11) is -4.08. The van der Waals surface area contributed by atoms with Gasteiger partial charge in [0.1, 0.15) is 11.5 Å². The third kappa shape index (κ3) is 5.61. The highest BCUT2D eigenvalue weighted by Gasteiger charge is 2.34. The smallest absolute Gasteiger partial charge is 0.314 e. The highest BCUT2D eigenvalue weighted by atomic mass is 32.2. The third-order valence-electron chi connectivity index (χ3n) is 6.55. The number of fused-ring (bicyclic) bond motifs is 1. The van der Waals surface area contributed by atoms with Gasteiger partial charge in [-0.2, -0.15) is 21.5 Å². The van der Waals surface area contributed by atoms with Gasteiger partial charge in [-0.25, -0.2) is 9.37 Å². The van der Waals surface area contributed by atoms with Crippen molar-refractivity contribution in [2.75, 3.05) is 37.1 Å².